The van der Waals surface area contributed by atoms with Gasteiger partial charge in [0, 0.05) is 37.3 Å². The molecule has 0 amide bonds. The summed E-state index contributed by atoms with van der Waals surface area (Å²) in [5.41, 5.74) is 6.76. The Labute approximate surface area is 236 Å². The molecule has 0 unspecified atom stereocenters. The number of unbranched alkanes of at least 4 members (excludes halogenated alkanes) is 1. The first-order valence-corrected chi connectivity index (χ1v) is 13.9. The lowest BCUT2D eigenvalue weighted by atomic mass is 10.1. The van der Waals surface area contributed by atoms with Gasteiger partial charge in [-0.2, -0.15) is 0 Å². The Bertz CT molecular complexity index is 1480. The van der Waals surface area contributed by atoms with Gasteiger partial charge in [-0.15, -0.1) is 0 Å². The summed E-state index contributed by atoms with van der Waals surface area (Å²) in [6.45, 7) is 5.30. The van der Waals surface area contributed by atoms with E-state index in [2.05, 4.69) is 89.2 Å². The summed E-state index contributed by atoms with van der Waals surface area (Å²) >= 11 is 6.29. The Hall–Kier alpha value is -3.86. The molecule has 1 N–H and O–H groups in total. The number of hydrogen-bond donors (Lipinski definition) is 1. The van der Waals surface area contributed by atoms with E-state index >= 15 is 0 Å². The van der Waals surface area contributed by atoms with Crippen LogP contribution in [0.5, 0.6) is 5.75 Å². The number of phenolic OH excluding ortho intramolecular Hbond substituents is 1. The smallest absolute Gasteiger partial charge is 0.140 e. The molecular weight excluding hydrogens is 502 g/mol. The van der Waals surface area contributed by atoms with Crippen molar-refractivity contribution in [2.45, 2.75) is 45.9 Å². The summed E-state index contributed by atoms with van der Waals surface area (Å²) in [5.74, 6) is 1.11. The SMILES string of the molecule is CCCCn1c(-c2ccccc2)nc(-c2ccccc2)c1CN(Cc1ccccc1)Cc1ccc(O)c(Cl)c1. The first kappa shape index (κ1) is 26.7. The number of phenols is 1. The molecule has 0 radical (unpaired) electrons. The van der Waals surface area contributed by atoms with Crippen LogP contribution in [-0.4, -0.2) is 19.6 Å². The maximum Gasteiger partial charge on any atom is 0.140 e. The fourth-order valence-electron chi connectivity index (χ4n) is 4.97. The summed E-state index contributed by atoms with van der Waals surface area (Å²) < 4.78 is 2.42. The van der Waals surface area contributed by atoms with Crippen LogP contribution in [0.15, 0.2) is 109 Å². The van der Waals surface area contributed by atoms with Crippen molar-refractivity contribution >= 4 is 11.6 Å². The zero-order valence-corrected chi connectivity index (χ0v) is 23.1. The second-order valence-electron chi connectivity index (χ2n) is 9.88. The van der Waals surface area contributed by atoms with E-state index in [1.165, 1.54) is 11.3 Å². The zero-order chi connectivity index (χ0) is 27.0. The fraction of sp³-hybridized carbons (Fsp3) is 0.206. The number of rotatable bonds is 11. The van der Waals surface area contributed by atoms with Crippen molar-refractivity contribution in [2.24, 2.45) is 0 Å². The zero-order valence-electron chi connectivity index (χ0n) is 22.3. The van der Waals surface area contributed by atoms with Gasteiger partial charge >= 0.3 is 0 Å². The first-order chi connectivity index (χ1) is 19.1. The van der Waals surface area contributed by atoms with Crippen LogP contribution in [0, 0.1) is 0 Å². The molecule has 0 bridgehead atoms. The highest BCUT2D eigenvalue weighted by Gasteiger charge is 2.22. The van der Waals surface area contributed by atoms with Gasteiger partial charge in [0.25, 0.3) is 0 Å². The molecule has 0 atom stereocenters. The van der Waals surface area contributed by atoms with E-state index in [4.69, 9.17) is 16.6 Å². The van der Waals surface area contributed by atoms with Gasteiger partial charge in [-0.05, 0) is 29.7 Å². The summed E-state index contributed by atoms with van der Waals surface area (Å²) in [5, 5.41) is 10.4. The average Bonchev–Trinajstić information content (AvgIpc) is 3.33. The van der Waals surface area contributed by atoms with E-state index in [-0.39, 0.29) is 5.75 Å². The molecule has 0 saturated carbocycles. The number of imidazole rings is 1. The van der Waals surface area contributed by atoms with E-state index in [0.717, 1.165) is 54.1 Å². The minimum absolute atomic E-state index is 0.103. The Balaban J connectivity index is 1.61. The van der Waals surface area contributed by atoms with Crippen molar-refractivity contribution in [1.82, 2.24) is 14.5 Å². The highest BCUT2D eigenvalue weighted by Crippen LogP contribution is 2.32. The van der Waals surface area contributed by atoms with Gasteiger partial charge in [-0.3, -0.25) is 4.90 Å². The van der Waals surface area contributed by atoms with Gasteiger partial charge in [0.2, 0.25) is 0 Å². The molecular formula is C34H34ClN3O. The second-order valence-corrected chi connectivity index (χ2v) is 10.3. The van der Waals surface area contributed by atoms with Gasteiger partial charge in [0.1, 0.15) is 11.6 Å². The predicted molar refractivity (Wildman–Crippen MR) is 161 cm³/mol. The Morgan fingerprint density at radius 3 is 2.00 bits per heavy atom. The normalized spacial score (nSPS) is 11.3. The molecule has 0 aliphatic carbocycles. The van der Waals surface area contributed by atoms with Crippen molar-refractivity contribution in [3.8, 4) is 28.4 Å². The number of aromatic nitrogens is 2. The van der Waals surface area contributed by atoms with Crippen LogP contribution in [0.25, 0.3) is 22.6 Å². The Kier molecular flexibility index (Phi) is 8.77. The van der Waals surface area contributed by atoms with Gasteiger partial charge in [-0.1, -0.05) is 122 Å². The molecule has 5 aromatic rings. The number of benzene rings is 4. The average molecular weight is 536 g/mol. The number of nitrogens with zero attached hydrogens (tertiary/aromatic N) is 3. The van der Waals surface area contributed by atoms with Gasteiger partial charge in [0.05, 0.1) is 16.4 Å². The molecule has 1 heterocycles. The molecule has 0 fully saturated rings. The predicted octanol–water partition coefficient (Wildman–Crippen LogP) is 8.58. The number of hydrogen-bond acceptors (Lipinski definition) is 3. The summed E-state index contributed by atoms with van der Waals surface area (Å²) in [7, 11) is 0. The topological polar surface area (TPSA) is 41.3 Å². The van der Waals surface area contributed by atoms with Gasteiger partial charge < -0.3 is 9.67 Å². The molecule has 1 aromatic heterocycles. The Morgan fingerprint density at radius 1 is 0.744 bits per heavy atom. The minimum atomic E-state index is 0.103. The molecule has 5 rings (SSSR count). The molecule has 0 spiro atoms. The van der Waals surface area contributed by atoms with E-state index in [1.807, 2.05) is 30.3 Å². The molecule has 4 nitrogen and oxygen atoms in total. The van der Waals surface area contributed by atoms with E-state index in [9.17, 15) is 5.11 Å². The maximum absolute atomic E-state index is 9.98. The summed E-state index contributed by atoms with van der Waals surface area (Å²) in [4.78, 5) is 7.71. The third-order valence-electron chi connectivity index (χ3n) is 6.93. The second kappa shape index (κ2) is 12.8. The van der Waals surface area contributed by atoms with Crippen molar-refractivity contribution < 1.29 is 5.11 Å². The molecule has 0 aliphatic heterocycles. The molecule has 4 aromatic carbocycles. The third kappa shape index (κ3) is 6.59. The third-order valence-corrected chi connectivity index (χ3v) is 7.23. The fourth-order valence-corrected chi connectivity index (χ4v) is 5.17. The molecule has 5 heteroatoms. The maximum atomic E-state index is 9.98. The quantitative estimate of drug-likeness (QED) is 0.184. The standard InChI is InChI=1S/C34H34ClN3O/c1-2-3-21-38-31(33(28-15-9-5-10-16-28)36-34(38)29-17-11-6-12-18-29)25-37(23-26-13-7-4-8-14-26)24-27-19-20-32(39)30(35)22-27/h4-20,22,39H,2-3,21,23-25H2,1H3. The van der Waals surface area contributed by atoms with Crippen LogP contribution < -0.4 is 0 Å². The number of halogens is 1. The minimum Gasteiger partial charge on any atom is -0.506 e. The highest BCUT2D eigenvalue weighted by molar-refractivity contribution is 6.32. The largest absolute Gasteiger partial charge is 0.506 e. The monoisotopic (exact) mass is 535 g/mol. The lowest BCUT2D eigenvalue weighted by molar-refractivity contribution is 0.241. The summed E-state index contributed by atoms with van der Waals surface area (Å²) in [6, 6.07) is 37.0. The van der Waals surface area contributed by atoms with Crippen molar-refractivity contribution in [3.63, 3.8) is 0 Å². The lowest BCUT2D eigenvalue weighted by Gasteiger charge is -2.25. The van der Waals surface area contributed by atoms with E-state index in [1.54, 1.807) is 6.07 Å². The lowest BCUT2D eigenvalue weighted by Crippen LogP contribution is -2.24. The van der Waals surface area contributed by atoms with Gasteiger partial charge in [0.15, 0.2) is 0 Å². The van der Waals surface area contributed by atoms with Crippen LogP contribution in [0.3, 0.4) is 0 Å². The van der Waals surface area contributed by atoms with Crippen LogP contribution in [0.1, 0.15) is 36.6 Å². The van der Waals surface area contributed by atoms with Crippen molar-refractivity contribution in [2.75, 3.05) is 0 Å². The van der Waals surface area contributed by atoms with Crippen molar-refractivity contribution in [3.05, 3.63) is 131 Å². The number of aromatic hydroxyl groups is 1. The first-order valence-electron chi connectivity index (χ1n) is 13.6. The summed E-state index contributed by atoms with van der Waals surface area (Å²) in [6.07, 6.45) is 2.18. The molecule has 0 saturated heterocycles. The van der Waals surface area contributed by atoms with Crippen LogP contribution in [-0.2, 0) is 26.2 Å². The Morgan fingerprint density at radius 2 is 1.36 bits per heavy atom. The van der Waals surface area contributed by atoms with Gasteiger partial charge in [-0.25, -0.2) is 4.98 Å². The van der Waals surface area contributed by atoms with E-state index in [0.29, 0.717) is 18.1 Å². The highest BCUT2D eigenvalue weighted by atomic mass is 35.5. The van der Waals surface area contributed by atoms with Crippen molar-refractivity contribution in [1.29, 1.82) is 0 Å². The molecule has 198 valence electrons. The van der Waals surface area contributed by atoms with E-state index < -0.39 is 0 Å². The van der Waals surface area contributed by atoms with Crippen LogP contribution in [0.2, 0.25) is 5.02 Å². The van der Waals surface area contributed by atoms with Crippen LogP contribution >= 0.6 is 11.6 Å². The molecule has 0 aliphatic rings. The van der Waals surface area contributed by atoms with Crippen LogP contribution in [0.4, 0.5) is 0 Å². The molecule has 39 heavy (non-hydrogen) atoms.